The molecule has 0 unspecified atom stereocenters. The van der Waals surface area contributed by atoms with Gasteiger partial charge in [-0.05, 0) is 27.7 Å². The molecule has 1 rings (SSSR count). The van der Waals surface area contributed by atoms with Crippen LogP contribution in [0, 0.1) is 13.8 Å². The third-order valence-corrected chi connectivity index (χ3v) is 1.22. The van der Waals surface area contributed by atoms with Crippen molar-refractivity contribution in [2.45, 2.75) is 27.7 Å². The van der Waals surface area contributed by atoms with E-state index in [0.717, 1.165) is 0 Å². The monoisotopic (exact) mass is 162 g/mol. The summed E-state index contributed by atoms with van der Waals surface area (Å²) in [4.78, 5) is 0. The number of hydrogen-bond donors (Lipinski definition) is 0. The zero-order chi connectivity index (χ0) is 9.56. The molecule has 66 valence electrons. The fraction of sp³-hybridized carbons (Fsp3) is 0.333. The molecule has 0 heterocycles. The summed E-state index contributed by atoms with van der Waals surface area (Å²) >= 11 is 0. The van der Waals surface area contributed by atoms with E-state index in [0.29, 0.717) is 0 Å². The molecule has 0 aliphatic heterocycles. The molecule has 0 nitrogen and oxygen atoms in total. The van der Waals surface area contributed by atoms with Crippen molar-refractivity contribution in [2.24, 2.45) is 0 Å². The van der Waals surface area contributed by atoms with Crippen LogP contribution in [0.2, 0.25) is 0 Å². The van der Waals surface area contributed by atoms with E-state index in [1.807, 2.05) is 13.8 Å². The van der Waals surface area contributed by atoms with Gasteiger partial charge >= 0.3 is 0 Å². The van der Waals surface area contributed by atoms with Crippen molar-refractivity contribution in [3.05, 3.63) is 47.5 Å². The van der Waals surface area contributed by atoms with Gasteiger partial charge in [-0.2, -0.15) is 0 Å². The maximum Gasteiger partial charge on any atom is -0.0398 e. The molecule has 0 radical (unpaired) electrons. The van der Waals surface area contributed by atoms with E-state index in [1.165, 1.54) is 16.7 Å². The molecule has 0 saturated carbocycles. The molecule has 0 bridgehead atoms. The zero-order valence-electron chi connectivity index (χ0n) is 8.52. The van der Waals surface area contributed by atoms with Crippen LogP contribution < -0.4 is 0 Å². The first-order valence-corrected chi connectivity index (χ1v) is 4.17. The SMILES string of the molecule is C=C(C)C.Cc1ccc(C)cc1. The van der Waals surface area contributed by atoms with Crippen LogP contribution in [0.5, 0.6) is 0 Å². The average Bonchev–Trinajstić information content (AvgIpc) is 1.94. The molecule has 1 aromatic carbocycles. The van der Waals surface area contributed by atoms with E-state index in [2.05, 4.69) is 44.7 Å². The molecule has 0 heteroatoms. The summed E-state index contributed by atoms with van der Waals surface area (Å²) in [6.45, 7) is 11.7. The summed E-state index contributed by atoms with van der Waals surface area (Å²) in [6, 6.07) is 8.48. The Bertz CT molecular complexity index is 204. The van der Waals surface area contributed by atoms with E-state index in [4.69, 9.17) is 0 Å². The van der Waals surface area contributed by atoms with Crippen molar-refractivity contribution in [1.29, 1.82) is 0 Å². The van der Waals surface area contributed by atoms with Gasteiger partial charge < -0.3 is 0 Å². The summed E-state index contributed by atoms with van der Waals surface area (Å²) in [5.74, 6) is 0. The van der Waals surface area contributed by atoms with Crippen molar-refractivity contribution in [2.75, 3.05) is 0 Å². The van der Waals surface area contributed by atoms with Gasteiger partial charge in [-0.3, -0.25) is 0 Å². The van der Waals surface area contributed by atoms with Crippen LogP contribution in [0.25, 0.3) is 0 Å². The van der Waals surface area contributed by atoms with Crippen molar-refractivity contribution in [3.8, 4) is 0 Å². The highest BCUT2D eigenvalue weighted by Gasteiger charge is 1.79. The number of aryl methyl sites for hydroxylation is 2. The van der Waals surface area contributed by atoms with Crippen LogP contribution in [-0.4, -0.2) is 0 Å². The van der Waals surface area contributed by atoms with Crippen LogP contribution >= 0.6 is 0 Å². The Balaban J connectivity index is 0.000000261. The minimum absolute atomic E-state index is 1.17. The fourth-order valence-corrected chi connectivity index (χ4v) is 0.637. The van der Waals surface area contributed by atoms with Gasteiger partial charge in [0.15, 0.2) is 0 Å². The molecule has 0 atom stereocenters. The number of benzene rings is 1. The van der Waals surface area contributed by atoms with Crippen molar-refractivity contribution in [1.82, 2.24) is 0 Å². The summed E-state index contributed by atoms with van der Waals surface area (Å²) in [6.07, 6.45) is 0. The number of hydrogen-bond acceptors (Lipinski definition) is 0. The van der Waals surface area contributed by atoms with E-state index in [-0.39, 0.29) is 0 Å². The lowest BCUT2D eigenvalue weighted by atomic mass is 10.2. The topological polar surface area (TPSA) is 0 Å². The third kappa shape index (κ3) is 7.07. The first-order chi connectivity index (χ1) is 5.52. The summed E-state index contributed by atoms with van der Waals surface area (Å²) in [5, 5.41) is 0. The highest BCUT2D eigenvalue weighted by molar-refractivity contribution is 5.19. The second-order valence-electron chi connectivity index (χ2n) is 3.36. The van der Waals surface area contributed by atoms with E-state index >= 15 is 0 Å². The normalized spacial score (nSPS) is 8.33. The van der Waals surface area contributed by atoms with Gasteiger partial charge in [0, 0.05) is 0 Å². The largest absolute Gasteiger partial charge is 0.100 e. The minimum Gasteiger partial charge on any atom is -0.100 e. The molecule has 0 aliphatic carbocycles. The summed E-state index contributed by atoms with van der Waals surface area (Å²) < 4.78 is 0. The molecule has 0 aliphatic rings. The van der Waals surface area contributed by atoms with E-state index in [1.54, 1.807) is 0 Å². The Morgan fingerprint density at radius 1 is 0.917 bits per heavy atom. The Kier molecular flexibility index (Phi) is 5.11. The van der Waals surface area contributed by atoms with E-state index in [9.17, 15) is 0 Å². The van der Waals surface area contributed by atoms with Gasteiger partial charge in [0.1, 0.15) is 0 Å². The van der Waals surface area contributed by atoms with E-state index < -0.39 is 0 Å². The summed E-state index contributed by atoms with van der Waals surface area (Å²) in [7, 11) is 0. The molecule has 12 heavy (non-hydrogen) atoms. The summed E-state index contributed by atoms with van der Waals surface area (Å²) in [5.41, 5.74) is 3.83. The molecule has 0 saturated heterocycles. The highest BCUT2D eigenvalue weighted by atomic mass is 13.9. The minimum atomic E-state index is 1.17. The van der Waals surface area contributed by atoms with Crippen LogP contribution in [0.3, 0.4) is 0 Å². The Labute approximate surface area is 75.9 Å². The lowest BCUT2D eigenvalue weighted by Crippen LogP contribution is -1.70. The first kappa shape index (κ1) is 11.0. The molecule has 0 fully saturated rings. The van der Waals surface area contributed by atoms with Gasteiger partial charge in [0.05, 0.1) is 0 Å². The Morgan fingerprint density at radius 2 is 1.08 bits per heavy atom. The van der Waals surface area contributed by atoms with Crippen molar-refractivity contribution >= 4 is 0 Å². The predicted octanol–water partition coefficient (Wildman–Crippen LogP) is 3.89. The second-order valence-corrected chi connectivity index (χ2v) is 3.36. The molecule has 0 aromatic heterocycles. The maximum atomic E-state index is 3.56. The van der Waals surface area contributed by atoms with Gasteiger partial charge in [0.2, 0.25) is 0 Å². The molecular weight excluding hydrogens is 144 g/mol. The Morgan fingerprint density at radius 3 is 1.25 bits per heavy atom. The van der Waals surface area contributed by atoms with Crippen molar-refractivity contribution in [3.63, 3.8) is 0 Å². The lowest BCUT2D eigenvalue weighted by molar-refractivity contribution is 1.40. The van der Waals surface area contributed by atoms with Gasteiger partial charge in [0.25, 0.3) is 0 Å². The smallest absolute Gasteiger partial charge is 0.0398 e. The predicted molar refractivity (Wildman–Crippen MR) is 56.4 cm³/mol. The number of allylic oxidation sites excluding steroid dienone is 1. The first-order valence-electron chi connectivity index (χ1n) is 4.17. The standard InChI is InChI=1S/C8H10.C4H8/c1-7-3-5-8(2)6-4-7;1-4(2)3/h3-6H,1-2H3;1H2,2-3H3. The van der Waals surface area contributed by atoms with Crippen LogP contribution in [0.4, 0.5) is 0 Å². The zero-order valence-corrected chi connectivity index (χ0v) is 8.52. The third-order valence-electron chi connectivity index (χ3n) is 1.22. The average molecular weight is 162 g/mol. The molecule has 0 N–H and O–H groups in total. The second kappa shape index (κ2) is 5.59. The Hall–Kier alpha value is -1.04. The molecular formula is C12H18. The van der Waals surface area contributed by atoms with Crippen LogP contribution in [0.15, 0.2) is 36.4 Å². The van der Waals surface area contributed by atoms with Crippen LogP contribution in [-0.2, 0) is 0 Å². The van der Waals surface area contributed by atoms with Crippen LogP contribution in [0.1, 0.15) is 25.0 Å². The van der Waals surface area contributed by atoms with Gasteiger partial charge in [-0.15, -0.1) is 6.58 Å². The number of rotatable bonds is 0. The fourth-order valence-electron chi connectivity index (χ4n) is 0.637. The quantitative estimate of drug-likeness (QED) is 0.508. The van der Waals surface area contributed by atoms with Gasteiger partial charge in [-0.25, -0.2) is 0 Å². The molecule has 0 spiro atoms. The van der Waals surface area contributed by atoms with Crippen molar-refractivity contribution < 1.29 is 0 Å². The lowest BCUT2D eigenvalue weighted by Gasteiger charge is -1.90. The maximum absolute atomic E-state index is 3.56. The highest BCUT2D eigenvalue weighted by Crippen LogP contribution is 1.99. The van der Waals surface area contributed by atoms with Gasteiger partial charge in [-0.1, -0.05) is 41.0 Å². The molecule has 0 amide bonds. The molecule has 1 aromatic rings.